The summed E-state index contributed by atoms with van der Waals surface area (Å²) in [5.41, 5.74) is 0. The molecule has 0 aromatic heterocycles. The highest BCUT2D eigenvalue weighted by atomic mass is 16.3. The number of carbonyl (C=O) groups is 1. The second kappa shape index (κ2) is 4.47. The second-order valence-electron chi connectivity index (χ2n) is 1.93. The lowest BCUT2D eigenvalue weighted by molar-refractivity contribution is -0.130. The number of aliphatic hydroxyl groups excluding tert-OH is 2. The van der Waals surface area contributed by atoms with Crippen molar-refractivity contribution in [2.75, 3.05) is 6.61 Å². The first kappa shape index (κ1) is 8.59. The van der Waals surface area contributed by atoms with Gasteiger partial charge in [-0.3, -0.25) is 4.79 Å². The molecule has 0 heterocycles. The minimum absolute atomic E-state index is 0.444. The molecule has 0 amide bonds. The molecule has 0 aliphatic rings. The van der Waals surface area contributed by atoms with Gasteiger partial charge >= 0.3 is 0 Å². The maximum absolute atomic E-state index is 10.4. The summed E-state index contributed by atoms with van der Waals surface area (Å²) in [6, 6.07) is 0. The van der Waals surface area contributed by atoms with Crippen molar-refractivity contribution in [2.24, 2.45) is 0 Å². The van der Waals surface area contributed by atoms with E-state index in [9.17, 15) is 4.79 Å². The first-order valence-corrected chi connectivity index (χ1v) is 3.04. The van der Waals surface area contributed by atoms with E-state index >= 15 is 0 Å². The zero-order chi connectivity index (χ0) is 7.28. The Morgan fingerprint density at radius 3 is 2.56 bits per heavy atom. The molecule has 0 saturated heterocycles. The third kappa shape index (κ3) is 3.21. The SMILES string of the molecule is CCC[C@H](O)C(=O)CO. The van der Waals surface area contributed by atoms with E-state index in [1.54, 1.807) is 0 Å². The van der Waals surface area contributed by atoms with Crippen LogP contribution in [0.3, 0.4) is 0 Å². The van der Waals surface area contributed by atoms with Crippen LogP contribution in [-0.4, -0.2) is 28.7 Å². The molecule has 0 unspecified atom stereocenters. The van der Waals surface area contributed by atoms with Gasteiger partial charge < -0.3 is 10.2 Å². The van der Waals surface area contributed by atoms with Gasteiger partial charge in [0.2, 0.25) is 0 Å². The van der Waals surface area contributed by atoms with Crippen LogP contribution in [0.1, 0.15) is 19.8 Å². The minimum atomic E-state index is -0.958. The molecule has 2 N–H and O–H groups in total. The fourth-order valence-electron chi connectivity index (χ4n) is 0.540. The third-order valence-electron chi connectivity index (χ3n) is 1.09. The van der Waals surface area contributed by atoms with E-state index < -0.39 is 18.5 Å². The Hall–Kier alpha value is -0.410. The van der Waals surface area contributed by atoms with Crippen molar-refractivity contribution in [1.82, 2.24) is 0 Å². The van der Waals surface area contributed by atoms with Gasteiger partial charge in [0.25, 0.3) is 0 Å². The molecule has 0 aromatic carbocycles. The average Bonchev–Trinajstić information content (AvgIpc) is 1.87. The molecule has 9 heavy (non-hydrogen) atoms. The van der Waals surface area contributed by atoms with Gasteiger partial charge in [-0.05, 0) is 6.42 Å². The molecule has 0 aromatic rings. The van der Waals surface area contributed by atoms with Gasteiger partial charge in [-0.2, -0.15) is 0 Å². The molecule has 0 aliphatic heterocycles. The molecular formula is C6H12O3. The van der Waals surface area contributed by atoms with Crippen molar-refractivity contribution in [1.29, 1.82) is 0 Å². The highest BCUT2D eigenvalue weighted by Gasteiger charge is 2.10. The second-order valence-corrected chi connectivity index (χ2v) is 1.93. The van der Waals surface area contributed by atoms with Crippen molar-refractivity contribution in [2.45, 2.75) is 25.9 Å². The summed E-state index contributed by atoms with van der Waals surface area (Å²) in [6.07, 6.45) is 0.242. The van der Waals surface area contributed by atoms with Crippen molar-refractivity contribution in [3.8, 4) is 0 Å². The van der Waals surface area contributed by atoms with Gasteiger partial charge in [-0.25, -0.2) is 0 Å². The lowest BCUT2D eigenvalue weighted by Crippen LogP contribution is -2.22. The summed E-state index contributed by atoms with van der Waals surface area (Å²) in [6.45, 7) is 1.31. The Balaban J connectivity index is 3.45. The largest absolute Gasteiger partial charge is 0.388 e. The summed E-state index contributed by atoms with van der Waals surface area (Å²) in [4.78, 5) is 10.4. The van der Waals surface area contributed by atoms with Crippen LogP contribution in [0.5, 0.6) is 0 Å². The lowest BCUT2D eigenvalue weighted by Gasteiger charge is -2.03. The first-order valence-electron chi connectivity index (χ1n) is 3.04. The van der Waals surface area contributed by atoms with Gasteiger partial charge in [0.05, 0.1) is 0 Å². The van der Waals surface area contributed by atoms with Crippen molar-refractivity contribution < 1.29 is 15.0 Å². The number of ketones is 1. The monoisotopic (exact) mass is 132 g/mol. The van der Waals surface area contributed by atoms with Gasteiger partial charge in [-0.15, -0.1) is 0 Å². The van der Waals surface area contributed by atoms with Gasteiger partial charge in [-0.1, -0.05) is 13.3 Å². The van der Waals surface area contributed by atoms with E-state index in [1.807, 2.05) is 6.92 Å². The van der Waals surface area contributed by atoms with E-state index in [-0.39, 0.29) is 0 Å². The molecule has 0 saturated carbocycles. The quantitative estimate of drug-likeness (QED) is 0.552. The summed E-state index contributed by atoms with van der Waals surface area (Å²) < 4.78 is 0. The van der Waals surface area contributed by atoms with Crippen molar-refractivity contribution >= 4 is 5.78 Å². The number of hydrogen-bond acceptors (Lipinski definition) is 3. The van der Waals surface area contributed by atoms with Crippen LogP contribution in [0.15, 0.2) is 0 Å². The number of Topliss-reactive ketones (excluding diaryl/α,β-unsaturated/α-hetero) is 1. The molecule has 1 atom stereocenters. The van der Waals surface area contributed by atoms with Crippen LogP contribution in [-0.2, 0) is 4.79 Å². The van der Waals surface area contributed by atoms with Crippen LogP contribution in [0.4, 0.5) is 0 Å². The molecule has 0 rings (SSSR count). The van der Waals surface area contributed by atoms with Gasteiger partial charge in [0.1, 0.15) is 12.7 Å². The van der Waals surface area contributed by atoms with E-state index in [2.05, 4.69) is 0 Å². The number of rotatable bonds is 4. The fourth-order valence-corrected chi connectivity index (χ4v) is 0.540. The van der Waals surface area contributed by atoms with Crippen LogP contribution >= 0.6 is 0 Å². The molecule has 3 heteroatoms. The average molecular weight is 132 g/mol. The fraction of sp³-hybridized carbons (Fsp3) is 0.833. The Labute approximate surface area is 54.3 Å². The van der Waals surface area contributed by atoms with E-state index in [4.69, 9.17) is 10.2 Å². The molecule has 0 radical (unpaired) electrons. The first-order chi connectivity index (χ1) is 4.22. The normalized spacial score (nSPS) is 13.2. The van der Waals surface area contributed by atoms with Crippen molar-refractivity contribution in [3.05, 3.63) is 0 Å². The topological polar surface area (TPSA) is 57.5 Å². The van der Waals surface area contributed by atoms with Crippen LogP contribution < -0.4 is 0 Å². The Morgan fingerprint density at radius 1 is 1.67 bits per heavy atom. The maximum Gasteiger partial charge on any atom is 0.186 e. The molecule has 0 aliphatic carbocycles. The summed E-state index contributed by atoms with van der Waals surface area (Å²) >= 11 is 0. The Kier molecular flexibility index (Phi) is 4.26. The summed E-state index contributed by atoms with van der Waals surface area (Å²) in [7, 11) is 0. The van der Waals surface area contributed by atoms with E-state index in [0.29, 0.717) is 6.42 Å². The zero-order valence-electron chi connectivity index (χ0n) is 5.50. The van der Waals surface area contributed by atoms with Crippen LogP contribution in [0.25, 0.3) is 0 Å². The highest BCUT2D eigenvalue weighted by Crippen LogP contribution is 1.95. The van der Waals surface area contributed by atoms with Crippen molar-refractivity contribution in [3.63, 3.8) is 0 Å². The van der Waals surface area contributed by atoms with E-state index in [0.717, 1.165) is 6.42 Å². The van der Waals surface area contributed by atoms with Gasteiger partial charge in [0, 0.05) is 0 Å². The van der Waals surface area contributed by atoms with Gasteiger partial charge in [0.15, 0.2) is 5.78 Å². The molecular weight excluding hydrogens is 120 g/mol. The smallest absolute Gasteiger partial charge is 0.186 e. The summed E-state index contributed by atoms with van der Waals surface area (Å²) in [5.74, 6) is -0.489. The number of carbonyl (C=O) groups excluding carboxylic acids is 1. The molecule has 3 nitrogen and oxygen atoms in total. The van der Waals surface area contributed by atoms with E-state index in [1.165, 1.54) is 0 Å². The minimum Gasteiger partial charge on any atom is -0.388 e. The lowest BCUT2D eigenvalue weighted by atomic mass is 10.1. The maximum atomic E-state index is 10.4. The standard InChI is InChI=1S/C6H12O3/c1-2-3-5(8)6(9)4-7/h5,7-8H,2-4H2,1H3/t5-/m0/s1. The Morgan fingerprint density at radius 2 is 2.22 bits per heavy atom. The third-order valence-corrected chi connectivity index (χ3v) is 1.09. The molecule has 54 valence electrons. The number of aliphatic hydroxyl groups is 2. The summed E-state index contributed by atoms with van der Waals surface area (Å²) in [5, 5.41) is 17.0. The number of hydrogen-bond donors (Lipinski definition) is 2. The highest BCUT2D eigenvalue weighted by molar-refractivity contribution is 5.83. The predicted molar refractivity (Wildman–Crippen MR) is 33.0 cm³/mol. The molecule has 0 spiro atoms. The molecule has 0 fully saturated rings. The predicted octanol–water partition coefficient (Wildman–Crippen LogP) is -0.291. The van der Waals surface area contributed by atoms with Crippen LogP contribution in [0, 0.1) is 0 Å². The zero-order valence-corrected chi connectivity index (χ0v) is 5.50. The molecule has 0 bridgehead atoms. The Bertz CT molecular complexity index is 90.3. The van der Waals surface area contributed by atoms with Crippen LogP contribution in [0.2, 0.25) is 0 Å².